The van der Waals surface area contributed by atoms with Gasteiger partial charge in [0, 0.05) is 19.5 Å². The molecule has 0 bridgehead atoms. The minimum Gasteiger partial charge on any atom is -0.321 e. The van der Waals surface area contributed by atoms with Gasteiger partial charge in [-0.15, -0.1) is 0 Å². The van der Waals surface area contributed by atoms with Gasteiger partial charge >= 0.3 is 11.9 Å². The topological polar surface area (TPSA) is 54.2 Å². The van der Waals surface area contributed by atoms with E-state index in [-0.39, 0.29) is 18.6 Å². The monoisotopic (exact) mass is 264 g/mol. The minimum absolute atomic E-state index is 0.0521. The van der Waals surface area contributed by atoms with Crippen molar-refractivity contribution in [1.29, 1.82) is 0 Å². The maximum Gasteiger partial charge on any atom is 0.324 e. The maximum atomic E-state index is 13.7. The summed E-state index contributed by atoms with van der Waals surface area (Å²) in [4.78, 5) is 5.09. The first-order valence-corrected chi connectivity index (χ1v) is 5.70. The number of nitrogens with zero attached hydrogens (tertiary/aromatic N) is 3. The number of rotatable bonds is 3. The molecule has 1 aliphatic heterocycles. The van der Waals surface area contributed by atoms with Crippen molar-refractivity contribution in [2.45, 2.75) is 31.5 Å². The van der Waals surface area contributed by atoms with E-state index < -0.39 is 17.9 Å². The van der Waals surface area contributed by atoms with E-state index in [2.05, 4.69) is 15.5 Å². The average Bonchev–Trinajstić information content (AvgIpc) is 2.77. The zero-order valence-electron chi connectivity index (χ0n) is 10.2. The number of aromatic nitrogens is 2. The van der Waals surface area contributed by atoms with E-state index in [1.54, 1.807) is 7.05 Å². The average molecular weight is 264 g/mol. The van der Waals surface area contributed by atoms with Crippen LogP contribution in [0.2, 0.25) is 0 Å². The molecule has 0 aliphatic carbocycles. The second kappa shape index (κ2) is 4.75. The number of alkyl halides is 3. The van der Waals surface area contributed by atoms with Gasteiger partial charge in [-0.1, -0.05) is 5.16 Å². The highest BCUT2D eigenvalue weighted by atomic mass is 19.3. The van der Waals surface area contributed by atoms with Crippen LogP contribution in [0.4, 0.5) is 19.2 Å². The van der Waals surface area contributed by atoms with E-state index in [1.165, 1.54) is 4.90 Å². The van der Waals surface area contributed by atoms with Crippen LogP contribution in [0.25, 0.3) is 0 Å². The molecule has 5 nitrogen and oxygen atoms in total. The summed E-state index contributed by atoms with van der Waals surface area (Å²) < 4.78 is 44.3. The lowest BCUT2D eigenvalue weighted by molar-refractivity contribution is 0.00559. The van der Waals surface area contributed by atoms with E-state index in [1.807, 2.05) is 0 Å². The number of nitrogens with one attached hydrogen (secondary N) is 1. The number of halogens is 3. The van der Waals surface area contributed by atoms with Crippen molar-refractivity contribution in [3.63, 3.8) is 0 Å². The molecule has 1 aromatic heterocycles. The summed E-state index contributed by atoms with van der Waals surface area (Å²) in [5, 5.41) is 6.08. The molecular weight excluding hydrogens is 249 g/mol. The third-order valence-electron chi connectivity index (χ3n) is 2.99. The summed E-state index contributed by atoms with van der Waals surface area (Å²) >= 11 is 0. The van der Waals surface area contributed by atoms with Crippen molar-refractivity contribution < 1.29 is 17.7 Å². The third-order valence-corrected chi connectivity index (χ3v) is 2.99. The van der Waals surface area contributed by atoms with Crippen molar-refractivity contribution in [3.8, 4) is 0 Å². The SMILES string of the molecule is CN[C@@H]1CCN(c2nc(C(C)(F)F)no2)CC1F. The molecule has 0 aromatic carbocycles. The Bertz CT molecular complexity index is 406. The highest BCUT2D eigenvalue weighted by Gasteiger charge is 2.34. The maximum absolute atomic E-state index is 13.7. The molecule has 1 fully saturated rings. The molecule has 1 unspecified atom stereocenters. The predicted octanol–water partition coefficient (Wildman–Crippen LogP) is 1.32. The van der Waals surface area contributed by atoms with E-state index in [9.17, 15) is 13.2 Å². The van der Waals surface area contributed by atoms with Gasteiger partial charge in [0.25, 0.3) is 0 Å². The second-order valence-corrected chi connectivity index (χ2v) is 4.43. The Morgan fingerprint density at radius 3 is 2.72 bits per heavy atom. The second-order valence-electron chi connectivity index (χ2n) is 4.43. The normalized spacial score (nSPS) is 25.5. The van der Waals surface area contributed by atoms with Crippen LogP contribution in [0.15, 0.2) is 4.52 Å². The van der Waals surface area contributed by atoms with E-state index in [0.29, 0.717) is 19.9 Å². The minimum atomic E-state index is -3.15. The molecule has 2 rings (SSSR count). The Balaban J connectivity index is 2.07. The standard InChI is InChI=1S/C10H15F3N4O/c1-10(12,13)8-15-9(18-16-8)17-4-3-7(14-2)6(11)5-17/h6-7,14H,3-5H2,1-2H3/t6?,7-/m1/s1. The van der Waals surface area contributed by atoms with Crippen LogP contribution in [0.1, 0.15) is 19.2 Å². The van der Waals surface area contributed by atoms with Crippen LogP contribution in [-0.2, 0) is 5.92 Å². The zero-order valence-corrected chi connectivity index (χ0v) is 10.2. The molecule has 8 heteroatoms. The van der Waals surface area contributed by atoms with Gasteiger partial charge in [0.2, 0.25) is 5.82 Å². The molecule has 0 spiro atoms. The Labute approximate surface area is 102 Å². The molecule has 1 saturated heterocycles. The summed E-state index contributed by atoms with van der Waals surface area (Å²) in [7, 11) is 1.69. The molecule has 102 valence electrons. The summed E-state index contributed by atoms with van der Waals surface area (Å²) in [6.07, 6.45) is -0.543. The van der Waals surface area contributed by atoms with Gasteiger partial charge in [-0.25, -0.2) is 4.39 Å². The van der Waals surface area contributed by atoms with Crippen molar-refractivity contribution in [3.05, 3.63) is 5.82 Å². The van der Waals surface area contributed by atoms with Crippen molar-refractivity contribution in [1.82, 2.24) is 15.5 Å². The van der Waals surface area contributed by atoms with E-state index >= 15 is 0 Å². The van der Waals surface area contributed by atoms with Gasteiger partial charge in [-0.05, 0) is 13.5 Å². The summed E-state index contributed by atoms with van der Waals surface area (Å²) in [6, 6.07) is -0.278. The van der Waals surface area contributed by atoms with Crippen LogP contribution < -0.4 is 10.2 Å². The fourth-order valence-corrected chi connectivity index (χ4v) is 1.93. The lowest BCUT2D eigenvalue weighted by Gasteiger charge is -2.33. The molecule has 0 radical (unpaired) electrons. The quantitative estimate of drug-likeness (QED) is 0.892. The van der Waals surface area contributed by atoms with Crippen LogP contribution in [0.5, 0.6) is 0 Å². The number of hydrogen-bond donors (Lipinski definition) is 1. The first-order chi connectivity index (χ1) is 8.41. The Hall–Kier alpha value is -1.31. The molecule has 18 heavy (non-hydrogen) atoms. The fourth-order valence-electron chi connectivity index (χ4n) is 1.93. The van der Waals surface area contributed by atoms with Crippen LogP contribution in [0, 0.1) is 0 Å². The molecule has 2 heterocycles. The lowest BCUT2D eigenvalue weighted by atomic mass is 10.0. The fraction of sp³-hybridized carbons (Fsp3) is 0.800. The number of hydrogen-bond acceptors (Lipinski definition) is 5. The summed E-state index contributed by atoms with van der Waals surface area (Å²) in [6.45, 7) is 1.23. The first kappa shape index (κ1) is 13.1. The summed E-state index contributed by atoms with van der Waals surface area (Å²) in [5.41, 5.74) is 0. The number of piperidine rings is 1. The van der Waals surface area contributed by atoms with Crippen LogP contribution in [-0.4, -0.2) is 42.5 Å². The van der Waals surface area contributed by atoms with Crippen LogP contribution in [0.3, 0.4) is 0 Å². The molecular formula is C10H15F3N4O. The molecule has 1 aromatic rings. The van der Waals surface area contributed by atoms with Crippen molar-refractivity contribution >= 4 is 6.01 Å². The van der Waals surface area contributed by atoms with E-state index in [0.717, 1.165) is 0 Å². The van der Waals surface area contributed by atoms with Crippen LogP contribution >= 0.6 is 0 Å². The summed E-state index contributed by atoms with van der Waals surface area (Å²) in [5.74, 6) is -3.83. The highest BCUT2D eigenvalue weighted by Crippen LogP contribution is 2.27. The van der Waals surface area contributed by atoms with Gasteiger partial charge in [-0.3, -0.25) is 0 Å². The highest BCUT2D eigenvalue weighted by molar-refractivity contribution is 5.27. The number of anilines is 1. The molecule has 0 amide bonds. The van der Waals surface area contributed by atoms with E-state index in [4.69, 9.17) is 4.52 Å². The van der Waals surface area contributed by atoms with Gasteiger partial charge in [-0.2, -0.15) is 13.8 Å². The van der Waals surface area contributed by atoms with Gasteiger partial charge in [0.05, 0.1) is 6.54 Å². The molecule has 1 N–H and O–H groups in total. The van der Waals surface area contributed by atoms with Gasteiger partial charge < -0.3 is 14.7 Å². The molecule has 0 saturated carbocycles. The Morgan fingerprint density at radius 2 is 2.22 bits per heavy atom. The zero-order chi connectivity index (χ0) is 13.3. The Kier molecular flexibility index (Phi) is 3.47. The third kappa shape index (κ3) is 2.58. The van der Waals surface area contributed by atoms with Crippen molar-refractivity contribution in [2.75, 3.05) is 25.0 Å². The van der Waals surface area contributed by atoms with Crippen molar-refractivity contribution in [2.24, 2.45) is 0 Å². The lowest BCUT2D eigenvalue weighted by Crippen LogP contribution is -2.50. The Morgan fingerprint density at radius 1 is 1.50 bits per heavy atom. The first-order valence-electron chi connectivity index (χ1n) is 5.70. The molecule has 2 atom stereocenters. The largest absolute Gasteiger partial charge is 0.324 e. The van der Waals surface area contributed by atoms with Gasteiger partial charge in [0.15, 0.2) is 0 Å². The molecule has 1 aliphatic rings. The van der Waals surface area contributed by atoms with Gasteiger partial charge in [0.1, 0.15) is 6.17 Å². The smallest absolute Gasteiger partial charge is 0.321 e. The predicted molar refractivity (Wildman–Crippen MR) is 58.4 cm³/mol.